The van der Waals surface area contributed by atoms with Gasteiger partial charge in [0.05, 0.1) is 4.90 Å². The average Bonchev–Trinajstić information content (AvgIpc) is 3.10. The molecule has 6 nitrogen and oxygen atoms in total. The molecule has 118 valence electrons. The van der Waals surface area contributed by atoms with Crippen molar-refractivity contribution in [1.82, 2.24) is 10.0 Å². The van der Waals surface area contributed by atoms with E-state index >= 15 is 0 Å². The number of aliphatic imine (C=N–C) groups is 1. The zero-order chi connectivity index (χ0) is 15.6. The number of sulfonamides is 1. The summed E-state index contributed by atoms with van der Waals surface area (Å²) in [7, 11) is -3.54. The summed E-state index contributed by atoms with van der Waals surface area (Å²) in [5.41, 5.74) is 0.520. The van der Waals surface area contributed by atoms with Gasteiger partial charge in [-0.3, -0.25) is 14.5 Å². The molecule has 1 fully saturated rings. The molecule has 7 heteroatoms. The second-order valence-corrected chi connectivity index (χ2v) is 7.37. The summed E-state index contributed by atoms with van der Waals surface area (Å²) in [4.78, 5) is 16.2. The van der Waals surface area contributed by atoms with E-state index in [0.717, 1.165) is 0 Å². The van der Waals surface area contributed by atoms with Crippen molar-refractivity contribution in [2.75, 3.05) is 13.1 Å². The zero-order valence-electron chi connectivity index (χ0n) is 12.2. The first-order chi connectivity index (χ1) is 10.6. The SMILES string of the molecule is O=C(CN=C1NS(=O)(=O)c2ccccc21)NCC1CCCC1. The van der Waals surface area contributed by atoms with E-state index in [1.807, 2.05) is 0 Å². The number of carbonyl (C=O) groups excluding carboxylic acids is 1. The lowest BCUT2D eigenvalue weighted by Crippen LogP contribution is -2.31. The number of hydrogen-bond donors (Lipinski definition) is 2. The van der Waals surface area contributed by atoms with Crippen molar-refractivity contribution in [3.05, 3.63) is 29.8 Å². The smallest absolute Gasteiger partial charge is 0.263 e. The van der Waals surface area contributed by atoms with Crippen LogP contribution < -0.4 is 10.0 Å². The minimum absolute atomic E-state index is 0.0705. The minimum atomic E-state index is -3.54. The topological polar surface area (TPSA) is 87.6 Å². The van der Waals surface area contributed by atoms with E-state index in [0.29, 0.717) is 18.0 Å². The van der Waals surface area contributed by atoms with Crippen LogP contribution in [0, 0.1) is 5.92 Å². The Kier molecular flexibility index (Phi) is 4.15. The highest BCUT2D eigenvalue weighted by molar-refractivity contribution is 7.90. The summed E-state index contributed by atoms with van der Waals surface area (Å²) in [6.07, 6.45) is 4.81. The van der Waals surface area contributed by atoms with Crippen molar-refractivity contribution in [3.8, 4) is 0 Å². The Labute approximate surface area is 130 Å². The number of carbonyl (C=O) groups is 1. The molecule has 0 atom stereocenters. The maximum atomic E-state index is 11.9. The number of nitrogens with zero attached hydrogens (tertiary/aromatic N) is 1. The van der Waals surface area contributed by atoms with Gasteiger partial charge in [0.1, 0.15) is 12.4 Å². The summed E-state index contributed by atoms with van der Waals surface area (Å²) in [6.45, 7) is 0.616. The highest BCUT2D eigenvalue weighted by atomic mass is 32.2. The maximum Gasteiger partial charge on any atom is 0.263 e. The fourth-order valence-electron chi connectivity index (χ4n) is 2.93. The molecular formula is C15H19N3O3S. The molecule has 1 amide bonds. The Morgan fingerprint density at radius 1 is 1.27 bits per heavy atom. The van der Waals surface area contributed by atoms with Crippen LogP contribution in [0.1, 0.15) is 31.2 Å². The molecule has 1 aromatic carbocycles. The Morgan fingerprint density at radius 3 is 2.77 bits per heavy atom. The quantitative estimate of drug-likeness (QED) is 0.868. The standard InChI is InChI=1S/C15H19N3O3S/c19-14(16-9-11-5-1-2-6-11)10-17-15-12-7-3-4-8-13(12)22(20,21)18-15/h3-4,7-8,11H,1-2,5-6,9-10H2,(H,16,19)(H,17,18). The van der Waals surface area contributed by atoms with Gasteiger partial charge in [-0.1, -0.05) is 25.0 Å². The van der Waals surface area contributed by atoms with Gasteiger partial charge in [-0.2, -0.15) is 0 Å². The fraction of sp³-hybridized carbons (Fsp3) is 0.467. The monoisotopic (exact) mass is 321 g/mol. The summed E-state index contributed by atoms with van der Waals surface area (Å²) < 4.78 is 26.2. The Morgan fingerprint density at radius 2 is 2.00 bits per heavy atom. The lowest BCUT2D eigenvalue weighted by Gasteiger charge is -2.09. The molecule has 0 unspecified atom stereocenters. The van der Waals surface area contributed by atoms with Gasteiger partial charge in [0.2, 0.25) is 5.91 Å². The van der Waals surface area contributed by atoms with Crippen molar-refractivity contribution >= 4 is 21.8 Å². The summed E-state index contributed by atoms with van der Waals surface area (Å²) in [5, 5.41) is 2.87. The Bertz CT molecular complexity index is 706. The van der Waals surface area contributed by atoms with E-state index < -0.39 is 10.0 Å². The molecular weight excluding hydrogens is 302 g/mol. The van der Waals surface area contributed by atoms with E-state index in [1.54, 1.807) is 18.2 Å². The normalized spacial score (nSPS) is 21.5. The third-order valence-electron chi connectivity index (χ3n) is 4.11. The summed E-state index contributed by atoms with van der Waals surface area (Å²) in [5.74, 6) is 0.636. The molecule has 0 saturated heterocycles. The predicted molar refractivity (Wildman–Crippen MR) is 83.1 cm³/mol. The minimum Gasteiger partial charge on any atom is -0.354 e. The molecule has 1 heterocycles. The largest absolute Gasteiger partial charge is 0.354 e. The molecule has 3 rings (SSSR count). The first-order valence-corrected chi connectivity index (χ1v) is 8.98. The Hall–Kier alpha value is -1.89. The fourth-order valence-corrected chi connectivity index (χ4v) is 4.18. The molecule has 0 radical (unpaired) electrons. The number of hydrogen-bond acceptors (Lipinski definition) is 4. The molecule has 22 heavy (non-hydrogen) atoms. The van der Waals surface area contributed by atoms with Crippen LogP contribution in [0.3, 0.4) is 0 Å². The third kappa shape index (κ3) is 3.14. The number of benzene rings is 1. The number of nitrogens with one attached hydrogen (secondary N) is 2. The molecule has 1 aromatic rings. The van der Waals surface area contributed by atoms with Crippen LogP contribution in [0.5, 0.6) is 0 Å². The van der Waals surface area contributed by atoms with Crippen LogP contribution in [0.25, 0.3) is 0 Å². The second-order valence-electron chi connectivity index (χ2n) is 5.72. The maximum absolute atomic E-state index is 11.9. The zero-order valence-corrected chi connectivity index (χ0v) is 13.0. The molecule has 1 saturated carbocycles. The summed E-state index contributed by atoms with van der Waals surface area (Å²) >= 11 is 0. The average molecular weight is 321 g/mol. The lowest BCUT2D eigenvalue weighted by molar-refractivity contribution is -0.119. The van der Waals surface area contributed by atoms with Gasteiger partial charge in [0.15, 0.2) is 0 Å². The first kappa shape index (κ1) is 15.0. The van der Waals surface area contributed by atoms with Gasteiger partial charge in [0, 0.05) is 12.1 Å². The van der Waals surface area contributed by atoms with Gasteiger partial charge >= 0.3 is 0 Å². The Balaban J connectivity index is 1.62. The van der Waals surface area contributed by atoms with Crippen LogP contribution >= 0.6 is 0 Å². The molecule has 2 aliphatic rings. The number of amides is 1. The van der Waals surface area contributed by atoms with Crippen LogP contribution in [-0.2, 0) is 14.8 Å². The van der Waals surface area contributed by atoms with Crippen molar-refractivity contribution in [1.29, 1.82) is 0 Å². The molecule has 0 bridgehead atoms. The van der Waals surface area contributed by atoms with Crippen LogP contribution in [0.4, 0.5) is 0 Å². The number of fused-ring (bicyclic) bond motifs is 1. The highest BCUT2D eigenvalue weighted by Gasteiger charge is 2.30. The van der Waals surface area contributed by atoms with E-state index in [2.05, 4.69) is 15.0 Å². The predicted octanol–water partition coefficient (Wildman–Crippen LogP) is 1.03. The van der Waals surface area contributed by atoms with Crippen molar-refractivity contribution < 1.29 is 13.2 Å². The van der Waals surface area contributed by atoms with Crippen LogP contribution in [0.2, 0.25) is 0 Å². The van der Waals surface area contributed by atoms with E-state index in [9.17, 15) is 13.2 Å². The van der Waals surface area contributed by atoms with Crippen LogP contribution in [0.15, 0.2) is 34.2 Å². The number of rotatable bonds is 4. The van der Waals surface area contributed by atoms with E-state index in [1.165, 1.54) is 31.7 Å². The van der Waals surface area contributed by atoms with Gasteiger partial charge in [0.25, 0.3) is 10.0 Å². The van der Waals surface area contributed by atoms with Crippen LogP contribution in [-0.4, -0.2) is 33.3 Å². The summed E-state index contributed by atoms with van der Waals surface area (Å²) in [6, 6.07) is 6.62. The molecule has 1 aliphatic carbocycles. The van der Waals surface area contributed by atoms with Gasteiger partial charge in [-0.25, -0.2) is 8.42 Å². The van der Waals surface area contributed by atoms with Crippen molar-refractivity contribution in [2.45, 2.75) is 30.6 Å². The molecule has 1 aliphatic heterocycles. The van der Waals surface area contributed by atoms with Gasteiger partial charge < -0.3 is 5.32 Å². The van der Waals surface area contributed by atoms with E-state index in [-0.39, 0.29) is 23.2 Å². The highest BCUT2D eigenvalue weighted by Crippen LogP contribution is 2.24. The first-order valence-electron chi connectivity index (χ1n) is 7.49. The molecule has 2 N–H and O–H groups in total. The number of amidine groups is 1. The van der Waals surface area contributed by atoms with E-state index in [4.69, 9.17) is 0 Å². The van der Waals surface area contributed by atoms with Gasteiger partial charge in [-0.15, -0.1) is 0 Å². The van der Waals surface area contributed by atoms with Crippen molar-refractivity contribution in [2.24, 2.45) is 10.9 Å². The second kappa shape index (κ2) is 6.08. The third-order valence-corrected chi connectivity index (χ3v) is 5.50. The van der Waals surface area contributed by atoms with Crippen molar-refractivity contribution in [3.63, 3.8) is 0 Å². The van der Waals surface area contributed by atoms with Gasteiger partial charge in [-0.05, 0) is 30.9 Å². The molecule has 0 aromatic heterocycles. The molecule has 0 spiro atoms. The lowest BCUT2D eigenvalue weighted by atomic mass is 10.1.